The monoisotopic (exact) mass is 326 g/mol. The number of hydrogen-bond acceptors (Lipinski definition) is 4. The summed E-state index contributed by atoms with van der Waals surface area (Å²) in [5.41, 5.74) is 1.09. The molecule has 0 fully saturated rings. The number of rotatable bonds is 9. The first-order valence-electron chi connectivity index (χ1n) is 7.18. The highest BCUT2D eigenvalue weighted by Crippen LogP contribution is 2.08. The number of carboxylic acid groups (broad SMARTS) is 1. The second-order valence-corrected chi connectivity index (χ2v) is 6.28. The summed E-state index contributed by atoms with van der Waals surface area (Å²) < 4.78 is 0. The quantitative estimate of drug-likeness (QED) is 0.639. The molecule has 0 aliphatic carbocycles. The molecule has 3 N–H and O–H groups in total. The van der Waals surface area contributed by atoms with E-state index in [9.17, 15) is 14.4 Å². The van der Waals surface area contributed by atoms with Gasteiger partial charge in [-0.25, -0.2) is 4.79 Å². The van der Waals surface area contributed by atoms with Gasteiger partial charge in [0.05, 0.1) is 6.54 Å². The van der Waals surface area contributed by atoms with Crippen molar-refractivity contribution in [2.75, 3.05) is 6.54 Å². The molecule has 2 amide bonds. The third-order valence-electron chi connectivity index (χ3n) is 3.01. The highest BCUT2D eigenvalue weighted by Gasteiger charge is 2.21. The van der Waals surface area contributed by atoms with Crippen LogP contribution in [0.1, 0.15) is 32.3 Å². The van der Waals surface area contributed by atoms with Crippen LogP contribution in [0.15, 0.2) is 16.8 Å². The van der Waals surface area contributed by atoms with Gasteiger partial charge in [0.15, 0.2) is 0 Å². The highest BCUT2D eigenvalue weighted by atomic mass is 32.1. The predicted molar refractivity (Wildman–Crippen MR) is 84.7 cm³/mol. The molecule has 0 aromatic carbocycles. The van der Waals surface area contributed by atoms with Gasteiger partial charge < -0.3 is 15.7 Å². The Balaban J connectivity index is 2.28. The molecule has 0 bridgehead atoms. The molecule has 0 aliphatic heterocycles. The van der Waals surface area contributed by atoms with E-state index in [2.05, 4.69) is 10.6 Å². The zero-order valence-corrected chi connectivity index (χ0v) is 13.6. The lowest BCUT2D eigenvalue weighted by Gasteiger charge is -2.16. The minimum Gasteiger partial charge on any atom is -0.480 e. The minimum absolute atomic E-state index is 0.154. The van der Waals surface area contributed by atoms with Crippen LogP contribution in [0.4, 0.5) is 0 Å². The Morgan fingerprint density at radius 1 is 1.27 bits per heavy atom. The van der Waals surface area contributed by atoms with Crippen molar-refractivity contribution < 1.29 is 19.5 Å². The topological polar surface area (TPSA) is 95.5 Å². The van der Waals surface area contributed by atoms with Crippen molar-refractivity contribution in [3.8, 4) is 0 Å². The summed E-state index contributed by atoms with van der Waals surface area (Å²) in [6, 6.07) is 1.03. The van der Waals surface area contributed by atoms with Gasteiger partial charge in [-0.1, -0.05) is 13.8 Å². The van der Waals surface area contributed by atoms with E-state index < -0.39 is 17.9 Å². The number of carbonyl (C=O) groups is 3. The highest BCUT2D eigenvalue weighted by molar-refractivity contribution is 7.07. The Kier molecular flexibility index (Phi) is 7.59. The molecule has 0 unspecified atom stereocenters. The lowest BCUT2D eigenvalue weighted by atomic mass is 10.0. The third-order valence-corrected chi connectivity index (χ3v) is 3.74. The molecule has 122 valence electrons. The van der Waals surface area contributed by atoms with Crippen LogP contribution < -0.4 is 10.6 Å². The van der Waals surface area contributed by atoms with Crippen LogP contribution in [-0.2, 0) is 20.8 Å². The molecular formula is C15H22N2O4S. The Bertz CT molecular complexity index is 500. The van der Waals surface area contributed by atoms with Crippen molar-refractivity contribution in [2.24, 2.45) is 5.92 Å². The average Bonchev–Trinajstić information content (AvgIpc) is 2.94. The number of aryl methyl sites for hydroxylation is 1. The molecule has 7 heteroatoms. The van der Waals surface area contributed by atoms with Crippen LogP contribution in [0.25, 0.3) is 0 Å². The van der Waals surface area contributed by atoms with Crippen LogP contribution >= 0.6 is 11.3 Å². The van der Waals surface area contributed by atoms with Gasteiger partial charge in [0, 0.05) is 6.42 Å². The fourth-order valence-electron chi connectivity index (χ4n) is 1.90. The molecular weight excluding hydrogens is 304 g/mol. The van der Waals surface area contributed by atoms with E-state index in [-0.39, 0.29) is 18.4 Å². The second kappa shape index (κ2) is 9.19. The Hall–Kier alpha value is -1.89. The molecule has 1 rings (SSSR count). The summed E-state index contributed by atoms with van der Waals surface area (Å²) in [7, 11) is 0. The molecule has 0 spiro atoms. The van der Waals surface area contributed by atoms with Crippen molar-refractivity contribution in [1.82, 2.24) is 10.6 Å². The van der Waals surface area contributed by atoms with Crippen molar-refractivity contribution in [2.45, 2.75) is 39.2 Å². The standard InChI is InChI=1S/C15H22N2O4S/c1-10(2)7-12(15(20)21)17-14(19)8-16-13(18)4-3-11-5-6-22-9-11/h5-6,9-10,12H,3-4,7-8H2,1-2H3,(H,16,18)(H,17,19)(H,20,21)/t12-/m0/s1. The smallest absolute Gasteiger partial charge is 0.326 e. The van der Waals surface area contributed by atoms with E-state index >= 15 is 0 Å². The number of carboxylic acids is 1. The Morgan fingerprint density at radius 3 is 2.55 bits per heavy atom. The van der Waals surface area contributed by atoms with Gasteiger partial charge in [-0.3, -0.25) is 9.59 Å². The molecule has 1 atom stereocenters. The lowest BCUT2D eigenvalue weighted by molar-refractivity contribution is -0.142. The zero-order chi connectivity index (χ0) is 16.5. The summed E-state index contributed by atoms with van der Waals surface area (Å²) in [5.74, 6) is -1.62. The van der Waals surface area contributed by atoms with Gasteiger partial charge in [-0.15, -0.1) is 0 Å². The fraction of sp³-hybridized carbons (Fsp3) is 0.533. The van der Waals surface area contributed by atoms with Gasteiger partial charge in [-0.2, -0.15) is 11.3 Å². The maximum atomic E-state index is 11.7. The zero-order valence-electron chi connectivity index (χ0n) is 12.8. The van der Waals surface area contributed by atoms with Crippen LogP contribution in [0.2, 0.25) is 0 Å². The van der Waals surface area contributed by atoms with Gasteiger partial charge in [0.1, 0.15) is 6.04 Å². The van der Waals surface area contributed by atoms with E-state index in [4.69, 9.17) is 5.11 Å². The number of amides is 2. The van der Waals surface area contributed by atoms with Crippen molar-refractivity contribution in [3.63, 3.8) is 0 Å². The van der Waals surface area contributed by atoms with E-state index in [0.29, 0.717) is 19.3 Å². The van der Waals surface area contributed by atoms with E-state index in [0.717, 1.165) is 5.56 Å². The van der Waals surface area contributed by atoms with E-state index in [1.807, 2.05) is 30.7 Å². The average molecular weight is 326 g/mol. The van der Waals surface area contributed by atoms with Crippen molar-refractivity contribution in [3.05, 3.63) is 22.4 Å². The van der Waals surface area contributed by atoms with Crippen molar-refractivity contribution in [1.29, 1.82) is 0 Å². The van der Waals surface area contributed by atoms with Crippen LogP contribution in [-0.4, -0.2) is 35.5 Å². The van der Waals surface area contributed by atoms with Gasteiger partial charge in [-0.05, 0) is 41.1 Å². The Morgan fingerprint density at radius 2 is 2.00 bits per heavy atom. The summed E-state index contributed by atoms with van der Waals surface area (Å²) in [5, 5.41) is 17.9. The maximum Gasteiger partial charge on any atom is 0.326 e. The van der Waals surface area contributed by atoms with Gasteiger partial charge >= 0.3 is 5.97 Å². The summed E-state index contributed by atoms with van der Waals surface area (Å²) in [4.78, 5) is 34.4. The van der Waals surface area contributed by atoms with Crippen LogP contribution in [0, 0.1) is 5.92 Å². The Labute approximate surface area is 133 Å². The largest absolute Gasteiger partial charge is 0.480 e. The number of aliphatic carboxylic acids is 1. The minimum atomic E-state index is -1.06. The summed E-state index contributed by atoms with van der Waals surface area (Å²) in [6.07, 6.45) is 1.29. The van der Waals surface area contributed by atoms with Gasteiger partial charge in [0.2, 0.25) is 11.8 Å². The van der Waals surface area contributed by atoms with Gasteiger partial charge in [0.25, 0.3) is 0 Å². The molecule has 1 aromatic rings. The molecule has 0 radical (unpaired) electrons. The number of nitrogens with one attached hydrogen (secondary N) is 2. The molecule has 6 nitrogen and oxygen atoms in total. The summed E-state index contributed by atoms with van der Waals surface area (Å²) in [6.45, 7) is 3.56. The van der Waals surface area contributed by atoms with Crippen LogP contribution in [0.3, 0.4) is 0 Å². The maximum absolute atomic E-state index is 11.7. The first-order valence-corrected chi connectivity index (χ1v) is 8.12. The first kappa shape index (κ1) is 18.2. The number of carbonyl (C=O) groups excluding carboxylic acids is 2. The molecule has 0 saturated heterocycles. The number of hydrogen-bond donors (Lipinski definition) is 3. The lowest BCUT2D eigenvalue weighted by Crippen LogP contribution is -2.46. The van der Waals surface area contributed by atoms with E-state index in [1.54, 1.807) is 11.3 Å². The molecule has 1 aromatic heterocycles. The van der Waals surface area contributed by atoms with E-state index in [1.165, 1.54) is 0 Å². The number of thiophene rings is 1. The predicted octanol–water partition coefficient (Wildman–Crippen LogP) is 1.41. The van der Waals surface area contributed by atoms with Crippen LogP contribution in [0.5, 0.6) is 0 Å². The molecule has 1 heterocycles. The molecule has 22 heavy (non-hydrogen) atoms. The molecule has 0 aliphatic rings. The second-order valence-electron chi connectivity index (χ2n) is 5.50. The first-order chi connectivity index (χ1) is 10.4. The van der Waals surface area contributed by atoms with Crippen molar-refractivity contribution >= 4 is 29.1 Å². The molecule has 0 saturated carbocycles. The third kappa shape index (κ3) is 7.21. The normalized spacial score (nSPS) is 12.0. The summed E-state index contributed by atoms with van der Waals surface area (Å²) >= 11 is 1.57. The fourth-order valence-corrected chi connectivity index (χ4v) is 2.60. The SMILES string of the molecule is CC(C)C[C@H](NC(=O)CNC(=O)CCc1ccsc1)C(=O)O.